The third-order valence-electron chi connectivity index (χ3n) is 3.26. The molecule has 0 radical (unpaired) electrons. The molecule has 2 N–H and O–H groups in total. The second kappa shape index (κ2) is 4.71. The van der Waals surface area contributed by atoms with Crippen LogP contribution >= 0.6 is 0 Å². The highest BCUT2D eigenvalue weighted by Crippen LogP contribution is 2.16. The van der Waals surface area contributed by atoms with Gasteiger partial charge in [0.25, 0.3) is 0 Å². The van der Waals surface area contributed by atoms with Crippen LogP contribution in [0.5, 0.6) is 0 Å². The first kappa shape index (κ1) is 11.2. The molecular weight excluding hydrogens is 196 g/mol. The van der Waals surface area contributed by atoms with Gasteiger partial charge in [-0.3, -0.25) is 4.90 Å². The third-order valence-corrected chi connectivity index (χ3v) is 3.26. The van der Waals surface area contributed by atoms with E-state index >= 15 is 0 Å². The lowest BCUT2D eigenvalue weighted by Crippen LogP contribution is -2.27. The molecule has 86 valence electrons. The van der Waals surface area contributed by atoms with Gasteiger partial charge in [0, 0.05) is 25.3 Å². The van der Waals surface area contributed by atoms with E-state index in [1.807, 2.05) is 6.07 Å². The van der Waals surface area contributed by atoms with Crippen LogP contribution < -0.4 is 5.73 Å². The number of aryl methyl sites for hydroxylation is 1. The van der Waals surface area contributed by atoms with Crippen molar-refractivity contribution in [3.8, 4) is 0 Å². The fraction of sp³-hybridized carbons (Fsp3) is 0.429. The van der Waals surface area contributed by atoms with E-state index in [0.29, 0.717) is 0 Å². The van der Waals surface area contributed by atoms with Crippen molar-refractivity contribution in [2.24, 2.45) is 0 Å². The Morgan fingerprint density at radius 1 is 1.31 bits per heavy atom. The lowest BCUT2D eigenvalue weighted by molar-refractivity contribution is 0.286. The highest BCUT2D eigenvalue weighted by molar-refractivity contribution is 5.47. The molecule has 16 heavy (non-hydrogen) atoms. The van der Waals surface area contributed by atoms with Crippen molar-refractivity contribution in [1.82, 2.24) is 4.90 Å². The molecule has 1 aliphatic heterocycles. The van der Waals surface area contributed by atoms with Gasteiger partial charge in [-0.05, 0) is 37.5 Å². The van der Waals surface area contributed by atoms with Crippen LogP contribution in [0.1, 0.15) is 24.5 Å². The molecule has 1 heterocycles. The summed E-state index contributed by atoms with van der Waals surface area (Å²) in [6, 6.07) is 6.34. The summed E-state index contributed by atoms with van der Waals surface area (Å²) in [7, 11) is 0. The van der Waals surface area contributed by atoms with Crippen LogP contribution in [0.2, 0.25) is 0 Å². The Labute approximate surface area is 97.8 Å². The molecule has 0 saturated heterocycles. The number of hydrogen-bond donors (Lipinski definition) is 1. The van der Waals surface area contributed by atoms with Crippen molar-refractivity contribution in [3.05, 3.63) is 41.0 Å². The van der Waals surface area contributed by atoms with E-state index in [-0.39, 0.29) is 0 Å². The van der Waals surface area contributed by atoms with Crippen molar-refractivity contribution in [2.45, 2.75) is 26.8 Å². The molecule has 0 saturated carbocycles. The summed E-state index contributed by atoms with van der Waals surface area (Å²) >= 11 is 0. The average Bonchev–Trinajstić information content (AvgIpc) is 2.27. The van der Waals surface area contributed by atoms with Crippen molar-refractivity contribution < 1.29 is 0 Å². The van der Waals surface area contributed by atoms with Gasteiger partial charge >= 0.3 is 0 Å². The molecule has 1 aromatic rings. The number of rotatable bonds is 2. The van der Waals surface area contributed by atoms with Gasteiger partial charge in [-0.1, -0.05) is 23.8 Å². The molecule has 0 atom stereocenters. The van der Waals surface area contributed by atoms with E-state index in [0.717, 1.165) is 18.8 Å². The Balaban J connectivity index is 2.02. The van der Waals surface area contributed by atoms with Crippen molar-refractivity contribution in [2.75, 3.05) is 18.8 Å². The lowest BCUT2D eigenvalue weighted by atomic mass is 10.1. The van der Waals surface area contributed by atoms with Crippen molar-refractivity contribution in [3.63, 3.8) is 0 Å². The maximum atomic E-state index is 5.82. The topological polar surface area (TPSA) is 29.3 Å². The first-order valence-electron chi connectivity index (χ1n) is 5.88. The molecule has 0 amide bonds. The van der Waals surface area contributed by atoms with Crippen LogP contribution in [0, 0.1) is 6.92 Å². The van der Waals surface area contributed by atoms with Gasteiger partial charge in [0.15, 0.2) is 0 Å². The summed E-state index contributed by atoms with van der Waals surface area (Å²) in [6.45, 7) is 7.57. The van der Waals surface area contributed by atoms with Gasteiger partial charge in [-0.15, -0.1) is 0 Å². The van der Waals surface area contributed by atoms with Crippen molar-refractivity contribution in [1.29, 1.82) is 0 Å². The Kier molecular flexibility index (Phi) is 3.30. The predicted octanol–water partition coefficient (Wildman–Crippen LogP) is 2.73. The molecule has 1 aliphatic rings. The summed E-state index contributed by atoms with van der Waals surface area (Å²) in [5.41, 5.74) is 10.8. The third kappa shape index (κ3) is 2.64. The van der Waals surface area contributed by atoms with Gasteiger partial charge in [0.1, 0.15) is 0 Å². The summed E-state index contributed by atoms with van der Waals surface area (Å²) < 4.78 is 0. The lowest BCUT2D eigenvalue weighted by Gasteiger charge is -2.25. The summed E-state index contributed by atoms with van der Waals surface area (Å²) in [6.07, 6.45) is 3.53. The van der Waals surface area contributed by atoms with E-state index in [4.69, 9.17) is 5.73 Å². The number of anilines is 1. The molecule has 2 heteroatoms. The monoisotopic (exact) mass is 216 g/mol. The molecule has 2 rings (SSSR count). The van der Waals surface area contributed by atoms with Crippen LogP contribution in [0.25, 0.3) is 0 Å². The summed E-state index contributed by atoms with van der Waals surface area (Å²) in [4.78, 5) is 2.47. The Bertz CT molecular complexity index is 407. The molecule has 1 aromatic carbocycles. The van der Waals surface area contributed by atoms with Crippen LogP contribution in [0.4, 0.5) is 5.69 Å². The zero-order chi connectivity index (χ0) is 11.5. The first-order valence-corrected chi connectivity index (χ1v) is 5.88. The van der Waals surface area contributed by atoms with E-state index in [1.54, 1.807) is 0 Å². The number of hydrogen-bond acceptors (Lipinski definition) is 2. The standard InChI is InChI=1S/C14H20N2/c1-11-5-7-16(8-6-11)10-13-3-4-14(15)12(2)9-13/h3-5,9H,6-8,10,15H2,1-2H3. The summed E-state index contributed by atoms with van der Waals surface area (Å²) in [5.74, 6) is 0. The first-order chi connectivity index (χ1) is 7.65. The second-order valence-electron chi connectivity index (χ2n) is 4.73. The van der Waals surface area contributed by atoms with Gasteiger partial charge in [0.05, 0.1) is 0 Å². The molecule has 0 unspecified atom stereocenters. The molecule has 2 nitrogen and oxygen atoms in total. The van der Waals surface area contributed by atoms with Crippen molar-refractivity contribution >= 4 is 5.69 Å². The SMILES string of the molecule is CC1=CCN(Cc2ccc(N)c(C)c2)CC1. The van der Waals surface area contributed by atoms with E-state index in [1.165, 1.54) is 29.7 Å². The minimum absolute atomic E-state index is 0.887. The fourth-order valence-electron chi connectivity index (χ4n) is 2.05. The highest BCUT2D eigenvalue weighted by Gasteiger charge is 2.09. The number of nitrogens with two attached hydrogens (primary N) is 1. The largest absolute Gasteiger partial charge is 0.399 e. The maximum Gasteiger partial charge on any atom is 0.0343 e. The van der Waals surface area contributed by atoms with Gasteiger partial charge < -0.3 is 5.73 Å². The maximum absolute atomic E-state index is 5.82. The predicted molar refractivity (Wildman–Crippen MR) is 69.2 cm³/mol. The highest BCUT2D eigenvalue weighted by atomic mass is 15.1. The Morgan fingerprint density at radius 2 is 2.12 bits per heavy atom. The zero-order valence-electron chi connectivity index (χ0n) is 10.2. The average molecular weight is 216 g/mol. The molecular formula is C14H20N2. The van der Waals surface area contributed by atoms with E-state index in [9.17, 15) is 0 Å². The molecule has 0 fully saturated rings. The molecule has 0 aliphatic carbocycles. The minimum atomic E-state index is 0.887. The van der Waals surface area contributed by atoms with Gasteiger partial charge in [-0.25, -0.2) is 0 Å². The number of nitrogens with zero attached hydrogens (tertiary/aromatic N) is 1. The Hall–Kier alpha value is -1.28. The van der Waals surface area contributed by atoms with Gasteiger partial charge in [-0.2, -0.15) is 0 Å². The van der Waals surface area contributed by atoms with Crippen LogP contribution in [-0.4, -0.2) is 18.0 Å². The minimum Gasteiger partial charge on any atom is -0.399 e. The van der Waals surface area contributed by atoms with Crippen LogP contribution in [0.15, 0.2) is 29.8 Å². The Morgan fingerprint density at radius 3 is 2.75 bits per heavy atom. The number of benzene rings is 1. The van der Waals surface area contributed by atoms with E-state index < -0.39 is 0 Å². The zero-order valence-corrected chi connectivity index (χ0v) is 10.2. The number of nitrogen functional groups attached to an aromatic ring is 1. The smallest absolute Gasteiger partial charge is 0.0343 e. The molecule has 0 spiro atoms. The second-order valence-corrected chi connectivity index (χ2v) is 4.73. The molecule has 0 bridgehead atoms. The quantitative estimate of drug-likeness (QED) is 0.608. The molecule has 0 aromatic heterocycles. The normalized spacial score (nSPS) is 17.2. The summed E-state index contributed by atoms with van der Waals surface area (Å²) in [5, 5.41) is 0. The van der Waals surface area contributed by atoms with Crippen LogP contribution in [-0.2, 0) is 6.54 Å². The fourth-order valence-corrected chi connectivity index (χ4v) is 2.05. The van der Waals surface area contributed by atoms with E-state index in [2.05, 4.69) is 37.0 Å². The van der Waals surface area contributed by atoms with Gasteiger partial charge in [0.2, 0.25) is 0 Å². The van der Waals surface area contributed by atoms with Crippen LogP contribution in [0.3, 0.4) is 0 Å².